The van der Waals surface area contributed by atoms with Crippen LogP contribution in [0.2, 0.25) is 0 Å². The Bertz CT molecular complexity index is 279. The Morgan fingerprint density at radius 1 is 1.27 bits per heavy atom. The average molecular weight is 235 g/mol. The summed E-state index contributed by atoms with van der Waals surface area (Å²) in [6.07, 6.45) is 1.77. The largest absolute Gasteiger partial charge is 0.748 e. The van der Waals surface area contributed by atoms with Gasteiger partial charge in [-0.25, -0.2) is 8.42 Å². The quantitative estimate of drug-likeness (QED) is 0.667. The highest BCUT2D eigenvalue weighted by atomic mass is 32.2. The molecule has 0 unspecified atom stereocenters. The second kappa shape index (κ2) is 5.27. The van der Waals surface area contributed by atoms with E-state index in [2.05, 4.69) is 13.8 Å². The summed E-state index contributed by atoms with van der Waals surface area (Å²) in [4.78, 5) is 1.45. The summed E-state index contributed by atoms with van der Waals surface area (Å²) in [5, 5.41) is 0. The van der Waals surface area contributed by atoms with Gasteiger partial charge in [0.05, 0.1) is 29.8 Å². The van der Waals surface area contributed by atoms with Crippen LogP contribution in [0.5, 0.6) is 0 Å². The summed E-state index contributed by atoms with van der Waals surface area (Å²) in [6, 6.07) is 0. The number of rotatable bonds is 4. The lowest BCUT2D eigenvalue weighted by molar-refractivity contribution is -0.912. The van der Waals surface area contributed by atoms with Crippen LogP contribution in [0.1, 0.15) is 26.7 Å². The summed E-state index contributed by atoms with van der Waals surface area (Å²) in [7, 11) is -4.02. The zero-order valence-electron chi connectivity index (χ0n) is 9.53. The predicted octanol–water partition coefficient (Wildman–Crippen LogP) is -0.517. The fourth-order valence-corrected chi connectivity index (χ4v) is 3.12. The van der Waals surface area contributed by atoms with Gasteiger partial charge in [0, 0.05) is 24.0 Å². The molecule has 4 nitrogen and oxygen atoms in total. The molecule has 0 saturated carbocycles. The average Bonchev–Trinajstić information content (AvgIpc) is 1.99. The smallest absolute Gasteiger partial charge is 0.0948 e. The molecule has 2 atom stereocenters. The van der Waals surface area contributed by atoms with Gasteiger partial charge in [0.2, 0.25) is 0 Å². The first-order valence-corrected chi connectivity index (χ1v) is 7.21. The number of hydrogen-bond donors (Lipinski definition) is 1. The number of hydrogen-bond acceptors (Lipinski definition) is 3. The fourth-order valence-electron chi connectivity index (χ4n) is 2.63. The third-order valence-electron chi connectivity index (χ3n) is 3.00. The monoisotopic (exact) mass is 235 g/mol. The molecule has 0 spiro atoms. The minimum absolute atomic E-state index is 0.209. The molecule has 0 aromatic heterocycles. The van der Waals surface area contributed by atoms with Gasteiger partial charge in [-0.05, 0) is 6.42 Å². The second-order valence-electron chi connectivity index (χ2n) is 4.97. The van der Waals surface area contributed by atoms with E-state index in [4.69, 9.17) is 0 Å². The molecule has 1 saturated heterocycles. The third-order valence-corrected chi connectivity index (χ3v) is 3.79. The van der Waals surface area contributed by atoms with Gasteiger partial charge < -0.3 is 9.45 Å². The van der Waals surface area contributed by atoms with E-state index in [0.717, 1.165) is 19.6 Å². The Morgan fingerprint density at radius 3 is 2.27 bits per heavy atom. The highest BCUT2D eigenvalue weighted by Gasteiger charge is 2.24. The van der Waals surface area contributed by atoms with Crippen molar-refractivity contribution in [1.29, 1.82) is 0 Å². The lowest BCUT2D eigenvalue weighted by Crippen LogP contribution is -3.14. The maximum absolute atomic E-state index is 10.4. The van der Waals surface area contributed by atoms with E-state index < -0.39 is 10.1 Å². The SMILES string of the molecule is C[C@H]1C[C@H](C)C[NH+](CCCS(=O)(=O)[O-])C1. The van der Waals surface area contributed by atoms with E-state index in [1.54, 1.807) is 0 Å². The molecule has 1 heterocycles. The standard InChI is InChI=1S/C10H21NO3S/c1-9-6-10(2)8-11(7-9)4-3-5-15(12,13)14/h9-10H,3-8H2,1-2H3,(H,12,13,14)/t9-,10-/m0/s1. The van der Waals surface area contributed by atoms with Crippen molar-refractivity contribution < 1.29 is 17.9 Å². The summed E-state index contributed by atoms with van der Waals surface area (Å²) in [5.41, 5.74) is 0. The fraction of sp³-hybridized carbons (Fsp3) is 1.00. The van der Waals surface area contributed by atoms with Crippen molar-refractivity contribution >= 4 is 10.1 Å². The molecule has 1 N–H and O–H groups in total. The molecule has 1 rings (SSSR count). The summed E-state index contributed by atoms with van der Waals surface area (Å²) < 4.78 is 31.3. The Kier molecular flexibility index (Phi) is 4.55. The van der Waals surface area contributed by atoms with Gasteiger partial charge >= 0.3 is 0 Å². The van der Waals surface area contributed by atoms with E-state index in [1.165, 1.54) is 11.3 Å². The molecule has 0 aromatic rings. The normalized spacial score (nSPS) is 32.9. The van der Waals surface area contributed by atoms with Crippen molar-refractivity contribution in [1.82, 2.24) is 0 Å². The van der Waals surface area contributed by atoms with E-state index in [-0.39, 0.29) is 5.75 Å². The van der Waals surface area contributed by atoms with Gasteiger partial charge in [0.1, 0.15) is 0 Å². The van der Waals surface area contributed by atoms with E-state index >= 15 is 0 Å². The highest BCUT2D eigenvalue weighted by molar-refractivity contribution is 7.85. The predicted molar refractivity (Wildman–Crippen MR) is 57.7 cm³/mol. The van der Waals surface area contributed by atoms with Gasteiger partial charge in [-0.2, -0.15) is 0 Å². The number of quaternary nitrogens is 1. The molecule has 0 amide bonds. The van der Waals surface area contributed by atoms with E-state index in [0.29, 0.717) is 18.3 Å². The zero-order valence-corrected chi connectivity index (χ0v) is 10.3. The molecule has 0 aromatic carbocycles. The molecule has 0 bridgehead atoms. The van der Waals surface area contributed by atoms with Crippen LogP contribution in [-0.4, -0.2) is 38.4 Å². The van der Waals surface area contributed by atoms with Crippen molar-refractivity contribution in [3.8, 4) is 0 Å². The van der Waals surface area contributed by atoms with Gasteiger partial charge in [0.15, 0.2) is 0 Å². The van der Waals surface area contributed by atoms with Crippen LogP contribution in [0.15, 0.2) is 0 Å². The summed E-state index contributed by atoms with van der Waals surface area (Å²) in [6.45, 7) is 7.52. The Hall–Kier alpha value is -0.130. The van der Waals surface area contributed by atoms with Crippen LogP contribution in [0.4, 0.5) is 0 Å². The molecule has 90 valence electrons. The number of likely N-dealkylation sites (tertiary alicyclic amines) is 1. The number of nitrogens with one attached hydrogen (secondary N) is 1. The van der Waals surface area contributed by atoms with Crippen LogP contribution in [0, 0.1) is 11.8 Å². The first-order chi connectivity index (χ1) is 6.87. The van der Waals surface area contributed by atoms with Crippen molar-refractivity contribution in [2.45, 2.75) is 26.7 Å². The van der Waals surface area contributed by atoms with Gasteiger partial charge in [-0.15, -0.1) is 0 Å². The Labute approximate surface area is 92.4 Å². The second-order valence-corrected chi connectivity index (χ2v) is 6.49. The highest BCUT2D eigenvalue weighted by Crippen LogP contribution is 2.11. The lowest BCUT2D eigenvalue weighted by Gasteiger charge is -2.32. The van der Waals surface area contributed by atoms with Gasteiger partial charge in [-0.1, -0.05) is 13.8 Å². The maximum Gasteiger partial charge on any atom is 0.0948 e. The molecule has 5 heteroatoms. The first-order valence-electron chi connectivity index (χ1n) is 5.64. The van der Waals surface area contributed by atoms with E-state index in [9.17, 15) is 13.0 Å². The summed E-state index contributed by atoms with van der Waals surface area (Å²) >= 11 is 0. The van der Waals surface area contributed by atoms with Crippen molar-refractivity contribution in [2.24, 2.45) is 11.8 Å². The topological polar surface area (TPSA) is 61.6 Å². The minimum atomic E-state index is -4.02. The molecule has 0 aliphatic carbocycles. The maximum atomic E-state index is 10.4. The third kappa shape index (κ3) is 5.49. The molecular formula is C10H21NO3S. The summed E-state index contributed by atoms with van der Waals surface area (Å²) in [5.74, 6) is 1.22. The minimum Gasteiger partial charge on any atom is -0.748 e. The van der Waals surface area contributed by atoms with Crippen LogP contribution < -0.4 is 4.90 Å². The first kappa shape index (κ1) is 12.9. The van der Waals surface area contributed by atoms with Crippen LogP contribution in [0.25, 0.3) is 0 Å². The van der Waals surface area contributed by atoms with Crippen molar-refractivity contribution in [3.05, 3.63) is 0 Å². The lowest BCUT2D eigenvalue weighted by atomic mass is 9.92. The molecule has 15 heavy (non-hydrogen) atoms. The van der Waals surface area contributed by atoms with E-state index in [1.807, 2.05) is 0 Å². The van der Waals surface area contributed by atoms with Crippen LogP contribution >= 0.6 is 0 Å². The molecular weight excluding hydrogens is 214 g/mol. The molecule has 1 aliphatic rings. The van der Waals surface area contributed by atoms with Crippen LogP contribution in [-0.2, 0) is 10.1 Å². The van der Waals surface area contributed by atoms with Gasteiger partial charge in [0.25, 0.3) is 0 Å². The number of piperidine rings is 1. The van der Waals surface area contributed by atoms with Crippen LogP contribution in [0.3, 0.4) is 0 Å². The van der Waals surface area contributed by atoms with Crippen molar-refractivity contribution in [2.75, 3.05) is 25.4 Å². The Morgan fingerprint density at radius 2 is 1.80 bits per heavy atom. The molecule has 1 fully saturated rings. The zero-order chi connectivity index (χ0) is 11.5. The van der Waals surface area contributed by atoms with Crippen molar-refractivity contribution in [3.63, 3.8) is 0 Å². The molecule has 0 radical (unpaired) electrons. The Balaban J connectivity index is 2.26. The van der Waals surface area contributed by atoms with Gasteiger partial charge in [-0.3, -0.25) is 0 Å². The molecule has 1 aliphatic heterocycles.